The minimum Gasteiger partial charge on any atom is -0.324 e. The number of amides is 3. The van der Waals surface area contributed by atoms with Crippen molar-refractivity contribution in [1.29, 1.82) is 0 Å². The maximum atomic E-state index is 12.6. The highest BCUT2D eigenvalue weighted by Gasteiger charge is 2.59. The van der Waals surface area contributed by atoms with E-state index in [2.05, 4.69) is 17.5 Å². The molecule has 4 atom stereocenters. The quantitative estimate of drug-likeness (QED) is 0.680. The number of nitrogens with one attached hydrogen (secondary N) is 1. The fraction of sp³-hybridized carbons (Fsp3) is 0.421. The predicted molar refractivity (Wildman–Crippen MR) is 88.9 cm³/mol. The van der Waals surface area contributed by atoms with Crippen molar-refractivity contribution in [2.24, 2.45) is 23.7 Å². The molecule has 0 radical (unpaired) electrons. The average Bonchev–Trinajstić information content (AvgIpc) is 3.25. The van der Waals surface area contributed by atoms with Gasteiger partial charge in [0.2, 0.25) is 17.7 Å². The summed E-state index contributed by atoms with van der Waals surface area (Å²) in [7, 11) is 0. The Balaban J connectivity index is 1.47. The minimum absolute atomic E-state index is 0.172. The molecular formula is C19H20N2O3. The van der Waals surface area contributed by atoms with Crippen LogP contribution in [0.1, 0.15) is 18.9 Å². The second-order valence-corrected chi connectivity index (χ2v) is 6.82. The second kappa shape index (κ2) is 5.58. The SMILES string of the molecule is CCc1ccccc1NC(=O)CN1C(=O)[C@@H]2[C@H](C1=O)[C@@H]1C=C[C@H]2C1. The van der Waals surface area contributed by atoms with E-state index in [1.165, 1.54) is 0 Å². The number of carbonyl (C=O) groups excluding carboxylic acids is 3. The summed E-state index contributed by atoms with van der Waals surface area (Å²) < 4.78 is 0. The maximum Gasteiger partial charge on any atom is 0.244 e. The predicted octanol–water partition coefficient (Wildman–Crippen LogP) is 1.99. The molecule has 3 aliphatic rings. The van der Waals surface area contributed by atoms with E-state index in [-0.39, 0.29) is 47.9 Å². The normalized spacial score (nSPS) is 30.1. The molecule has 0 spiro atoms. The number of nitrogens with zero attached hydrogens (tertiary/aromatic N) is 1. The Morgan fingerprint density at radius 1 is 1.12 bits per heavy atom. The zero-order valence-corrected chi connectivity index (χ0v) is 13.6. The van der Waals surface area contributed by atoms with E-state index < -0.39 is 0 Å². The van der Waals surface area contributed by atoms with Crippen molar-refractivity contribution in [2.45, 2.75) is 19.8 Å². The molecule has 2 fully saturated rings. The number of fused-ring (bicyclic) bond motifs is 5. The van der Waals surface area contributed by atoms with E-state index in [1.807, 2.05) is 31.2 Å². The highest BCUT2D eigenvalue weighted by molar-refractivity contribution is 6.09. The molecular weight excluding hydrogens is 304 g/mol. The van der Waals surface area contributed by atoms with Crippen LogP contribution in [-0.4, -0.2) is 29.2 Å². The van der Waals surface area contributed by atoms with Crippen LogP contribution in [0.4, 0.5) is 5.69 Å². The lowest BCUT2D eigenvalue weighted by Crippen LogP contribution is -2.39. The number of aryl methyl sites for hydroxylation is 1. The van der Waals surface area contributed by atoms with Crippen molar-refractivity contribution < 1.29 is 14.4 Å². The number of para-hydroxylation sites is 1. The molecule has 5 heteroatoms. The molecule has 1 aromatic carbocycles. The van der Waals surface area contributed by atoms with Crippen molar-refractivity contribution in [1.82, 2.24) is 4.90 Å². The largest absolute Gasteiger partial charge is 0.324 e. The van der Waals surface area contributed by atoms with Crippen molar-refractivity contribution in [2.75, 3.05) is 11.9 Å². The van der Waals surface area contributed by atoms with Gasteiger partial charge < -0.3 is 5.32 Å². The summed E-state index contributed by atoms with van der Waals surface area (Å²) in [4.78, 5) is 38.7. The fourth-order valence-electron chi connectivity index (χ4n) is 4.40. The lowest BCUT2D eigenvalue weighted by molar-refractivity contribution is -0.143. The van der Waals surface area contributed by atoms with Gasteiger partial charge in [0.25, 0.3) is 0 Å². The molecule has 5 nitrogen and oxygen atoms in total. The van der Waals surface area contributed by atoms with Gasteiger partial charge >= 0.3 is 0 Å². The van der Waals surface area contributed by atoms with Crippen LogP contribution in [-0.2, 0) is 20.8 Å². The van der Waals surface area contributed by atoms with Crippen molar-refractivity contribution >= 4 is 23.4 Å². The first-order chi connectivity index (χ1) is 11.6. The van der Waals surface area contributed by atoms with Crippen LogP contribution in [0.2, 0.25) is 0 Å². The summed E-state index contributed by atoms with van der Waals surface area (Å²) in [5.74, 6) is -0.832. The Kier molecular flexibility index (Phi) is 3.52. The van der Waals surface area contributed by atoms with E-state index in [4.69, 9.17) is 0 Å². The third-order valence-electron chi connectivity index (χ3n) is 5.54. The Morgan fingerprint density at radius 2 is 1.75 bits per heavy atom. The molecule has 124 valence electrons. The highest BCUT2D eigenvalue weighted by atomic mass is 16.2. The van der Waals surface area contributed by atoms with E-state index in [0.717, 1.165) is 29.0 Å². The van der Waals surface area contributed by atoms with Crippen LogP contribution in [0.15, 0.2) is 36.4 Å². The lowest BCUT2D eigenvalue weighted by Gasteiger charge is -2.17. The minimum atomic E-state index is -0.321. The van der Waals surface area contributed by atoms with E-state index in [1.54, 1.807) is 0 Å². The third-order valence-corrected chi connectivity index (χ3v) is 5.54. The molecule has 1 heterocycles. The number of likely N-dealkylation sites (tertiary alicyclic amines) is 1. The highest BCUT2D eigenvalue weighted by Crippen LogP contribution is 2.52. The van der Waals surface area contributed by atoms with Crippen LogP contribution < -0.4 is 5.32 Å². The van der Waals surface area contributed by atoms with Crippen molar-refractivity contribution in [3.8, 4) is 0 Å². The van der Waals surface area contributed by atoms with Gasteiger partial charge in [-0.3, -0.25) is 19.3 Å². The van der Waals surface area contributed by atoms with Gasteiger partial charge in [0, 0.05) is 5.69 Å². The molecule has 1 aromatic rings. The maximum absolute atomic E-state index is 12.6. The van der Waals surface area contributed by atoms with Gasteiger partial charge in [0.1, 0.15) is 6.54 Å². The Morgan fingerprint density at radius 3 is 2.38 bits per heavy atom. The van der Waals surface area contributed by atoms with E-state index >= 15 is 0 Å². The van der Waals surface area contributed by atoms with Crippen LogP contribution in [0.25, 0.3) is 0 Å². The topological polar surface area (TPSA) is 66.5 Å². The van der Waals surface area contributed by atoms with Gasteiger partial charge in [0.15, 0.2) is 0 Å². The molecule has 4 rings (SSSR count). The van der Waals surface area contributed by atoms with Gasteiger partial charge in [-0.1, -0.05) is 37.3 Å². The molecule has 1 aliphatic heterocycles. The van der Waals surface area contributed by atoms with Crippen LogP contribution in [0.5, 0.6) is 0 Å². The molecule has 0 aromatic heterocycles. The summed E-state index contributed by atoms with van der Waals surface area (Å²) >= 11 is 0. The number of rotatable bonds is 4. The number of allylic oxidation sites excluding steroid dienone is 2. The first-order valence-electron chi connectivity index (χ1n) is 8.51. The molecule has 2 bridgehead atoms. The molecule has 3 amide bonds. The van der Waals surface area contributed by atoms with Gasteiger partial charge in [-0.05, 0) is 36.3 Å². The number of carbonyl (C=O) groups is 3. The third kappa shape index (κ3) is 2.19. The molecule has 24 heavy (non-hydrogen) atoms. The first kappa shape index (κ1) is 15.1. The van der Waals surface area contributed by atoms with Gasteiger partial charge in [-0.25, -0.2) is 0 Å². The van der Waals surface area contributed by atoms with Gasteiger partial charge in [0.05, 0.1) is 11.8 Å². The van der Waals surface area contributed by atoms with Gasteiger partial charge in [-0.2, -0.15) is 0 Å². The summed E-state index contributed by atoms with van der Waals surface area (Å²) in [6.45, 7) is 1.82. The zero-order valence-electron chi connectivity index (χ0n) is 13.6. The number of benzene rings is 1. The van der Waals surface area contributed by atoms with Gasteiger partial charge in [-0.15, -0.1) is 0 Å². The van der Waals surface area contributed by atoms with Crippen LogP contribution in [0, 0.1) is 23.7 Å². The fourth-order valence-corrected chi connectivity index (χ4v) is 4.40. The summed E-state index contributed by atoms with van der Waals surface area (Å²) in [5.41, 5.74) is 1.77. The number of anilines is 1. The lowest BCUT2D eigenvalue weighted by atomic mass is 9.85. The van der Waals surface area contributed by atoms with Crippen LogP contribution in [0.3, 0.4) is 0 Å². The molecule has 1 saturated carbocycles. The Bertz CT molecular complexity index is 725. The molecule has 1 saturated heterocycles. The Labute approximate surface area is 140 Å². The Hall–Kier alpha value is -2.43. The van der Waals surface area contributed by atoms with E-state index in [9.17, 15) is 14.4 Å². The standard InChI is InChI=1S/C19H20N2O3/c1-2-11-5-3-4-6-14(11)20-15(22)10-21-18(23)16-12-7-8-13(9-12)17(16)19(21)24/h3-8,12-13,16-17H,2,9-10H2,1H3,(H,20,22)/t12-,13+,16-,17+. The number of imide groups is 1. The second-order valence-electron chi connectivity index (χ2n) is 6.82. The number of hydrogen-bond acceptors (Lipinski definition) is 3. The van der Waals surface area contributed by atoms with E-state index in [0.29, 0.717) is 0 Å². The average molecular weight is 324 g/mol. The van der Waals surface area contributed by atoms with Crippen LogP contribution >= 0.6 is 0 Å². The summed E-state index contributed by atoms with van der Waals surface area (Å²) in [5, 5.41) is 2.83. The number of hydrogen-bond donors (Lipinski definition) is 1. The molecule has 0 unspecified atom stereocenters. The van der Waals surface area contributed by atoms with Crippen molar-refractivity contribution in [3.63, 3.8) is 0 Å². The molecule has 1 N–H and O–H groups in total. The smallest absolute Gasteiger partial charge is 0.244 e. The first-order valence-corrected chi connectivity index (χ1v) is 8.51. The molecule has 2 aliphatic carbocycles. The van der Waals surface area contributed by atoms with Crippen molar-refractivity contribution in [3.05, 3.63) is 42.0 Å². The monoisotopic (exact) mass is 324 g/mol. The zero-order chi connectivity index (χ0) is 16.8. The summed E-state index contributed by atoms with van der Waals surface area (Å²) in [6.07, 6.45) is 5.81. The summed E-state index contributed by atoms with van der Waals surface area (Å²) in [6, 6.07) is 7.57.